The Morgan fingerprint density at radius 1 is 1.41 bits per heavy atom. The van der Waals surface area contributed by atoms with E-state index in [9.17, 15) is 9.90 Å². The van der Waals surface area contributed by atoms with Crippen molar-refractivity contribution in [3.8, 4) is 0 Å². The standard InChI is InChI=1S/C14H18O3/c1-9-6-11(13(15)17-3)7-12(10(9)2)8-14(16)4-5-14/h6-7,16H,4-5,8H2,1-3H3. The molecule has 1 aliphatic rings. The Labute approximate surface area is 101 Å². The van der Waals surface area contributed by atoms with E-state index >= 15 is 0 Å². The van der Waals surface area contributed by atoms with Gasteiger partial charge in [0.1, 0.15) is 0 Å². The Kier molecular flexibility index (Phi) is 2.96. The van der Waals surface area contributed by atoms with E-state index in [4.69, 9.17) is 4.74 Å². The SMILES string of the molecule is COC(=O)c1cc(C)c(C)c(CC2(O)CC2)c1. The predicted molar refractivity (Wildman–Crippen MR) is 65.1 cm³/mol. The molecule has 1 aromatic carbocycles. The number of ether oxygens (including phenoxy) is 1. The van der Waals surface area contributed by atoms with Gasteiger partial charge in [-0.3, -0.25) is 0 Å². The quantitative estimate of drug-likeness (QED) is 0.815. The molecule has 0 unspecified atom stereocenters. The highest BCUT2D eigenvalue weighted by molar-refractivity contribution is 5.90. The summed E-state index contributed by atoms with van der Waals surface area (Å²) in [6, 6.07) is 3.67. The van der Waals surface area contributed by atoms with Crippen LogP contribution in [0.4, 0.5) is 0 Å². The molecule has 3 nitrogen and oxygen atoms in total. The number of rotatable bonds is 3. The van der Waals surface area contributed by atoms with Crippen molar-refractivity contribution in [3.63, 3.8) is 0 Å². The van der Waals surface area contributed by atoms with Crippen LogP contribution in [0.3, 0.4) is 0 Å². The third-order valence-electron chi connectivity index (χ3n) is 3.54. The molecule has 0 bridgehead atoms. The molecule has 1 aliphatic carbocycles. The molecule has 92 valence electrons. The van der Waals surface area contributed by atoms with Crippen LogP contribution in [0.1, 0.15) is 39.9 Å². The molecule has 1 N–H and O–H groups in total. The van der Waals surface area contributed by atoms with Crippen LogP contribution in [0.2, 0.25) is 0 Å². The summed E-state index contributed by atoms with van der Waals surface area (Å²) in [4.78, 5) is 11.5. The van der Waals surface area contributed by atoms with E-state index in [0.717, 1.165) is 29.5 Å². The molecule has 0 aromatic heterocycles. The molecule has 2 rings (SSSR count). The smallest absolute Gasteiger partial charge is 0.337 e. The number of hydrogen-bond donors (Lipinski definition) is 1. The van der Waals surface area contributed by atoms with E-state index in [1.165, 1.54) is 7.11 Å². The van der Waals surface area contributed by atoms with Crippen LogP contribution in [0.15, 0.2) is 12.1 Å². The Hall–Kier alpha value is -1.35. The monoisotopic (exact) mass is 234 g/mol. The minimum atomic E-state index is -0.536. The van der Waals surface area contributed by atoms with Gasteiger partial charge in [-0.15, -0.1) is 0 Å². The zero-order valence-corrected chi connectivity index (χ0v) is 10.5. The van der Waals surface area contributed by atoms with Crippen molar-refractivity contribution < 1.29 is 14.6 Å². The number of carbonyl (C=O) groups excluding carboxylic acids is 1. The summed E-state index contributed by atoms with van der Waals surface area (Å²) in [5.41, 5.74) is 3.29. The zero-order chi connectivity index (χ0) is 12.6. The van der Waals surface area contributed by atoms with Gasteiger partial charge in [-0.05, 0) is 55.5 Å². The number of benzene rings is 1. The van der Waals surface area contributed by atoms with Gasteiger partial charge in [0.25, 0.3) is 0 Å². The summed E-state index contributed by atoms with van der Waals surface area (Å²) >= 11 is 0. The van der Waals surface area contributed by atoms with E-state index in [0.29, 0.717) is 12.0 Å². The van der Waals surface area contributed by atoms with Crippen LogP contribution in [-0.4, -0.2) is 23.8 Å². The summed E-state index contributed by atoms with van der Waals surface area (Å²) in [7, 11) is 1.38. The summed E-state index contributed by atoms with van der Waals surface area (Å²) in [5, 5.41) is 9.97. The molecule has 0 aliphatic heterocycles. The van der Waals surface area contributed by atoms with Crippen LogP contribution >= 0.6 is 0 Å². The summed E-state index contributed by atoms with van der Waals surface area (Å²) in [6.07, 6.45) is 2.34. The first-order valence-corrected chi connectivity index (χ1v) is 5.86. The first kappa shape index (κ1) is 12.1. The van der Waals surface area contributed by atoms with Gasteiger partial charge in [-0.2, -0.15) is 0 Å². The number of hydrogen-bond acceptors (Lipinski definition) is 3. The van der Waals surface area contributed by atoms with Gasteiger partial charge in [0.2, 0.25) is 0 Å². The number of aliphatic hydroxyl groups is 1. The molecule has 1 aromatic rings. The molecule has 1 saturated carbocycles. The van der Waals surface area contributed by atoms with Gasteiger partial charge in [-0.25, -0.2) is 4.79 Å². The Morgan fingerprint density at radius 2 is 2.06 bits per heavy atom. The van der Waals surface area contributed by atoms with Crippen LogP contribution in [-0.2, 0) is 11.2 Å². The van der Waals surface area contributed by atoms with Crippen molar-refractivity contribution in [1.82, 2.24) is 0 Å². The summed E-state index contributed by atoms with van der Waals surface area (Å²) in [6.45, 7) is 4.00. The largest absolute Gasteiger partial charge is 0.465 e. The van der Waals surface area contributed by atoms with Crippen molar-refractivity contribution in [2.45, 2.75) is 38.7 Å². The topological polar surface area (TPSA) is 46.5 Å². The molecule has 0 amide bonds. The zero-order valence-electron chi connectivity index (χ0n) is 10.5. The molecular formula is C14H18O3. The van der Waals surface area contributed by atoms with Crippen LogP contribution in [0, 0.1) is 13.8 Å². The predicted octanol–water partition coefficient (Wildman–Crippen LogP) is 2.16. The maximum absolute atomic E-state index is 11.5. The summed E-state index contributed by atoms with van der Waals surface area (Å²) < 4.78 is 4.73. The lowest BCUT2D eigenvalue weighted by Crippen LogP contribution is -2.13. The maximum Gasteiger partial charge on any atom is 0.337 e. The van der Waals surface area contributed by atoms with E-state index in [2.05, 4.69) is 0 Å². The lowest BCUT2D eigenvalue weighted by atomic mass is 9.95. The van der Waals surface area contributed by atoms with Gasteiger partial charge < -0.3 is 9.84 Å². The van der Waals surface area contributed by atoms with E-state index in [1.54, 1.807) is 0 Å². The van der Waals surface area contributed by atoms with Crippen molar-refractivity contribution in [3.05, 3.63) is 34.4 Å². The number of esters is 1. The van der Waals surface area contributed by atoms with Crippen LogP contribution in [0.25, 0.3) is 0 Å². The van der Waals surface area contributed by atoms with Gasteiger partial charge in [0.15, 0.2) is 0 Å². The second kappa shape index (κ2) is 4.15. The minimum absolute atomic E-state index is 0.322. The third kappa shape index (κ3) is 2.50. The average molecular weight is 234 g/mol. The number of methoxy groups -OCH3 is 1. The fourth-order valence-corrected chi connectivity index (χ4v) is 2.03. The second-order valence-corrected chi connectivity index (χ2v) is 4.97. The van der Waals surface area contributed by atoms with Crippen molar-refractivity contribution in [1.29, 1.82) is 0 Å². The van der Waals surface area contributed by atoms with E-state index in [-0.39, 0.29) is 5.97 Å². The average Bonchev–Trinajstić information content (AvgIpc) is 3.01. The fraction of sp³-hybridized carbons (Fsp3) is 0.500. The molecule has 0 saturated heterocycles. The molecule has 0 radical (unpaired) electrons. The molecule has 0 spiro atoms. The molecule has 17 heavy (non-hydrogen) atoms. The van der Waals surface area contributed by atoms with E-state index < -0.39 is 5.60 Å². The second-order valence-electron chi connectivity index (χ2n) is 4.97. The van der Waals surface area contributed by atoms with Crippen molar-refractivity contribution >= 4 is 5.97 Å². The van der Waals surface area contributed by atoms with Crippen molar-refractivity contribution in [2.24, 2.45) is 0 Å². The van der Waals surface area contributed by atoms with Crippen LogP contribution in [0.5, 0.6) is 0 Å². The minimum Gasteiger partial charge on any atom is -0.465 e. The van der Waals surface area contributed by atoms with E-state index in [1.807, 2.05) is 26.0 Å². The molecule has 0 heterocycles. The Balaban J connectivity index is 2.35. The molecular weight excluding hydrogens is 216 g/mol. The van der Waals surface area contributed by atoms with Gasteiger partial charge in [0, 0.05) is 6.42 Å². The van der Waals surface area contributed by atoms with Gasteiger partial charge in [0.05, 0.1) is 18.3 Å². The maximum atomic E-state index is 11.5. The lowest BCUT2D eigenvalue weighted by Gasteiger charge is -2.14. The third-order valence-corrected chi connectivity index (χ3v) is 3.54. The number of aryl methyl sites for hydroxylation is 1. The van der Waals surface area contributed by atoms with Crippen molar-refractivity contribution in [2.75, 3.05) is 7.11 Å². The first-order chi connectivity index (χ1) is 7.95. The van der Waals surface area contributed by atoms with Gasteiger partial charge in [-0.1, -0.05) is 0 Å². The molecule has 1 fully saturated rings. The Bertz CT molecular complexity index is 459. The van der Waals surface area contributed by atoms with Gasteiger partial charge >= 0.3 is 5.97 Å². The fourth-order valence-electron chi connectivity index (χ4n) is 2.03. The molecule has 3 heteroatoms. The normalized spacial score (nSPS) is 16.7. The lowest BCUT2D eigenvalue weighted by molar-refractivity contribution is 0.0600. The van der Waals surface area contributed by atoms with Crippen LogP contribution < -0.4 is 0 Å². The highest BCUT2D eigenvalue weighted by atomic mass is 16.5. The number of carbonyl (C=O) groups is 1. The highest BCUT2D eigenvalue weighted by Crippen LogP contribution is 2.39. The molecule has 0 atom stereocenters. The first-order valence-electron chi connectivity index (χ1n) is 5.86. The summed E-state index contributed by atoms with van der Waals surface area (Å²) in [5.74, 6) is -0.322. The Morgan fingerprint density at radius 3 is 2.59 bits per heavy atom. The highest BCUT2D eigenvalue weighted by Gasteiger charge is 2.40.